The topological polar surface area (TPSA) is 145 Å². The summed E-state index contributed by atoms with van der Waals surface area (Å²) in [7, 11) is -4.41. The van der Waals surface area contributed by atoms with Crippen LogP contribution in [0.15, 0.2) is 90.3 Å². The summed E-state index contributed by atoms with van der Waals surface area (Å²) in [6.45, 7) is 4.15. The molecule has 14 heteroatoms. The molecule has 0 aromatic heterocycles. The first-order valence-corrected chi connectivity index (χ1v) is 13.7. The number of nitrogens with two attached hydrogens (primary N) is 1. The van der Waals surface area contributed by atoms with Crippen LogP contribution < -0.4 is 15.3 Å². The van der Waals surface area contributed by atoms with Gasteiger partial charge in [0.1, 0.15) is 36.2 Å². The van der Waals surface area contributed by atoms with Gasteiger partial charge in [-0.1, -0.05) is 55.1 Å². The van der Waals surface area contributed by atoms with E-state index < -0.39 is 50.7 Å². The quantitative estimate of drug-likeness (QED) is 0.268. The minimum Gasteiger partial charge on any atom is -0.460 e. The van der Waals surface area contributed by atoms with Gasteiger partial charge >= 0.3 is 19.6 Å². The monoisotopic (exact) mass is 578 g/mol. The molecule has 0 bridgehead atoms. The van der Waals surface area contributed by atoms with Gasteiger partial charge in [-0.15, -0.1) is 0 Å². The Kier molecular flexibility index (Phi) is 9.02. The van der Waals surface area contributed by atoms with E-state index in [1.807, 2.05) is 6.07 Å². The lowest BCUT2D eigenvalue weighted by Crippen LogP contribution is -2.47. The molecule has 40 heavy (non-hydrogen) atoms. The molecule has 2 aliphatic rings. The smallest absolute Gasteiger partial charge is 0.459 e. The van der Waals surface area contributed by atoms with E-state index in [1.165, 1.54) is 31.3 Å². The number of para-hydroxylation sites is 1. The first-order valence-electron chi connectivity index (χ1n) is 12.2. The van der Waals surface area contributed by atoms with Crippen molar-refractivity contribution in [2.45, 2.75) is 43.9 Å². The van der Waals surface area contributed by atoms with Crippen molar-refractivity contribution in [3.8, 4) is 5.75 Å². The van der Waals surface area contributed by atoms with Crippen molar-refractivity contribution in [2.24, 2.45) is 10.7 Å². The number of aliphatic hydroxyl groups excluding tert-OH is 1. The summed E-state index contributed by atoms with van der Waals surface area (Å²) in [5.74, 6) is -4.51. The van der Waals surface area contributed by atoms with Crippen molar-refractivity contribution >= 4 is 19.6 Å². The molecular formula is C26H29F2N4O7P. The lowest BCUT2D eigenvalue weighted by Gasteiger charge is -2.31. The summed E-state index contributed by atoms with van der Waals surface area (Å²) >= 11 is 0. The van der Waals surface area contributed by atoms with Gasteiger partial charge in [0.25, 0.3) is 0 Å². The van der Waals surface area contributed by atoms with Gasteiger partial charge in [0.2, 0.25) is 6.23 Å². The Morgan fingerprint density at radius 2 is 1.90 bits per heavy atom. The predicted molar refractivity (Wildman–Crippen MR) is 141 cm³/mol. The molecular weight excluding hydrogens is 549 g/mol. The van der Waals surface area contributed by atoms with Crippen molar-refractivity contribution in [3.63, 3.8) is 0 Å². The second-order valence-electron chi connectivity index (χ2n) is 8.96. The number of hydrogen-bond donors (Lipinski definition) is 3. The second kappa shape index (κ2) is 12.3. The van der Waals surface area contributed by atoms with E-state index in [0.29, 0.717) is 0 Å². The largest absolute Gasteiger partial charge is 0.460 e. The third-order valence-electron chi connectivity index (χ3n) is 5.90. The van der Waals surface area contributed by atoms with E-state index >= 15 is 8.78 Å². The Hall–Kier alpha value is -3.61. The zero-order valence-electron chi connectivity index (χ0n) is 21.4. The maximum Gasteiger partial charge on any atom is 0.459 e. The van der Waals surface area contributed by atoms with Crippen LogP contribution in [0.3, 0.4) is 0 Å². The number of ether oxygens (including phenoxy) is 2. The van der Waals surface area contributed by atoms with Crippen molar-refractivity contribution in [1.29, 1.82) is 0 Å². The van der Waals surface area contributed by atoms with Crippen LogP contribution in [0.25, 0.3) is 0 Å². The fourth-order valence-corrected chi connectivity index (χ4v) is 5.33. The van der Waals surface area contributed by atoms with Gasteiger partial charge in [0.15, 0.2) is 6.10 Å². The molecule has 1 unspecified atom stereocenters. The molecule has 11 nitrogen and oxygen atoms in total. The number of aliphatic hydroxyl groups is 1. The maximum atomic E-state index is 15.0. The minimum absolute atomic E-state index is 0.0269. The normalized spacial score (nSPS) is 24.2. The van der Waals surface area contributed by atoms with Gasteiger partial charge in [-0.3, -0.25) is 9.32 Å². The Labute approximate surface area is 229 Å². The Balaban J connectivity index is 1.45. The zero-order valence-corrected chi connectivity index (χ0v) is 22.3. The molecule has 0 amide bonds. The third-order valence-corrected chi connectivity index (χ3v) is 7.54. The van der Waals surface area contributed by atoms with Crippen LogP contribution in [-0.4, -0.2) is 58.8 Å². The fourth-order valence-electron chi connectivity index (χ4n) is 3.83. The van der Waals surface area contributed by atoms with Crippen LogP contribution in [-0.2, 0) is 30.0 Å². The summed E-state index contributed by atoms with van der Waals surface area (Å²) in [6.07, 6.45) is -3.51. The first kappa shape index (κ1) is 29.4. The molecule has 214 valence electrons. The highest BCUT2D eigenvalue weighted by Crippen LogP contribution is 2.47. The number of benzene rings is 2. The lowest BCUT2D eigenvalue weighted by molar-refractivity contribution is -0.148. The number of nitrogens with zero attached hydrogens (tertiary/aromatic N) is 2. The van der Waals surface area contributed by atoms with E-state index in [-0.39, 0.29) is 24.0 Å². The molecule has 4 N–H and O–H groups in total. The summed E-state index contributed by atoms with van der Waals surface area (Å²) in [5, 5.41) is 12.8. The standard InChI is InChI=1S/C26H29F2N4O7P/c1-17(24(34)36-15-19-9-5-3-6-10-19)31-40(35,39-20-11-7-4-8-12-20)37-16-21-23(33)26(27,28)25(38-21)32-14-13-22(29)30-18(32)2/h3-14,17,21,23,25,33H,2,15-16H2,1H3,(H2,29,30)(H,31,35)/t17-,21+,23?,25+,40-/m0/s1. The first-order chi connectivity index (χ1) is 19.0. The van der Waals surface area contributed by atoms with Crippen molar-refractivity contribution in [1.82, 2.24) is 9.99 Å². The van der Waals surface area contributed by atoms with Gasteiger partial charge < -0.3 is 29.7 Å². The highest BCUT2D eigenvalue weighted by molar-refractivity contribution is 7.52. The average Bonchev–Trinajstić information content (AvgIpc) is 3.15. The molecule has 2 aromatic carbocycles. The molecule has 1 saturated heterocycles. The van der Waals surface area contributed by atoms with Crippen molar-refractivity contribution in [3.05, 3.63) is 90.9 Å². The summed E-state index contributed by atoms with van der Waals surface area (Å²) in [6, 6.07) is 15.6. The second-order valence-corrected chi connectivity index (χ2v) is 10.7. The minimum atomic E-state index is -4.41. The molecule has 2 heterocycles. The van der Waals surface area contributed by atoms with Crippen LogP contribution in [0.5, 0.6) is 5.75 Å². The van der Waals surface area contributed by atoms with Crippen LogP contribution in [0.2, 0.25) is 0 Å². The average molecular weight is 579 g/mol. The highest BCUT2D eigenvalue weighted by atomic mass is 31.2. The maximum absolute atomic E-state index is 15.0. The Bertz CT molecular complexity index is 1310. The third kappa shape index (κ3) is 6.93. The lowest BCUT2D eigenvalue weighted by atomic mass is 10.1. The molecule has 4 rings (SSSR count). The van der Waals surface area contributed by atoms with Crippen LogP contribution in [0, 0.1) is 0 Å². The summed E-state index contributed by atoms with van der Waals surface area (Å²) in [5.41, 5.74) is 6.31. The number of carbonyl (C=O) groups is 1. The Morgan fingerprint density at radius 3 is 2.55 bits per heavy atom. The van der Waals surface area contributed by atoms with Gasteiger partial charge in [-0.25, -0.2) is 9.56 Å². The molecule has 5 atom stereocenters. The molecule has 0 aliphatic carbocycles. The highest BCUT2D eigenvalue weighted by Gasteiger charge is 2.61. The number of carbonyl (C=O) groups excluding carboxylic acids is 1. The number of hydrogen-bond acceptors (Lipinski definition) is 10. The molecule has 0 spiro atoms. The molecule has 0 radical (unpaired) electrons. The number of nitrogens with one attached hydrogen (secondary N) is 1. The fraction of sp³-hybridized carbons (Fsp3) is 0.308. The number of aliphatic imine (C=N–C) groups is 1. The number of esters is 1. The molecule has 2 aliphatic heterocycles. The Morgan fingerprint density at radius 1 is 1.25 bits per heavy atom. The van der Waals surface area contributed by atoms with Crippen LogP contribution in [0.4, 0.5) is 8.78 Å². The van der Waals surface area contributed by atoms with Crippen LogP contribution in [0.1, 0.15) is 12.5 Å². The van der Waals surface area contributed by atoms with Crippen molar-refractivity contribution in [2.75, 3.05) is 6.61 Å². The van der Waals surface area contributed by atoms with Gasteiger partial charge in [-0.2, -0.15) is 13.9 Å². The van der Waals surface area contributed by atoms with E-state index in [0.717, 1.165) is 10.5 Å². The van der Waals surface area contributed by atoms with E-state index in [4.69, 9.17) is 24.3 Å². The van der Waals surface area contributed by atoms with E-state index in [1.54, 1.807) is 42.5 Å². The number of amidine groups is 1. The van der Waals surface area contributed by atoms with Crippen LogP contribution >= 0.6 is 7.75 Å². The van der Waals surface area contributed by atoms with Gasteiger partial charge in [0, 0.05) is 6.20 Å². The van der Waals surface area contributed by atoms with E-state index in [2.05, 4.69) is 16.7 Å². The van der Waals surface area contributed by atoms with Crippen molar-refractivity contribution < 1.29 is 41.8 Å². The number of rotatable bonds is 11. The number of alkyl halides is 2. The molecule has 1 fully saturated rings. The van der Waals surface area contributed by atoms with Gasteiger partial charge in [0.05, 0.1) is 6.61 Å². The summed E-state index contributed by atoms with van der Waals surface area (Å²) < 4.78 is 65.4. The number of halogens is 2. The predicted octanol–water partition coefficient (Wildman–Crippen LogP) is 3.29. The SMILES string of the molecule is C=C1N=C(N)C=CN1[C@@H]1O[C@H](CO[P@@](=O)(N[C@@H](C)C(=O)OCc2ccccc2)Oc2ccccc2)C(O)C1(F)F. The van der Waals surface area contributed by atoms with E-state index in [9.17, 15) is 14.5 Å². The molecule has 0 saturated carbocycles. The summed E-state index contributed by atoms with van der Waals surface area (Å²) in [4.78, 5) is 17.3. The molecule has 2 aromatic rings. The zero-order chi connectivity index (χ0) is 28.9. The van der Waals surface area contributed by atoms with Gasteiger partial charge in [-0.05, 0) is 30.7 Å².